The molecule has 0 atom stereocenters. The summed E-state index contributed by atoms with van der Waals surface area (Å²) < 4.78 is 0. The van der Waals surface area contributed by atoms with Crippen molar-refractivity contribution in [2.45, 2.75) is 13.3 Å². The largest absolute Gasteiger partial charge is 0.274 e. The van der Waals surface area contributed by atoms with E-state index in [1.807, 2.05) is 72.3 Å². The zero-order valence-corrected chi connectivity index (χ0v) is 17.4. The lowest BCUT2D eigenvalue weighted by atomic mass is 10.2. The number of rotatable bonds is 5. The SMILES string of the molecule is Cc1csc(N(C(=O)Cc2csc(-c3ccccc3Cl)n2)c2ccccc2)n1. The van der Waals surface area contributed by atoms with E-state index in [4.69, 9.17) is 11.6 Å². The smallest absolute Gasteiger partial charge is 0.239 e. The minimum atomic E-state index is -0.0726. The van der Waals surface area contributed by atoms with Crippen LogP contribution >= 0.6 is 34.3 Å². The molecule has 0 bridgehead atoms. The van der Waals surface area contributed by atoms with Gasteiger partial charge in [-0.05, 0) is 25.1 Å². The molecule has 0 fully saturated rings. The summed E-state index contributed by atoms with van der Waals surface area (Å²) in [6.45, 7) is 1.92. The van der Waals surface area contributed by atoms with Crippen LogP contribution in [0.2, 0.25) is 5.02 Å². The van der Waals surface area contributed by atoms with Gasteiger partial charge in [-0.15, -0.1) is 22.7 Å². The summed E-state index contributed by atoms with van der Waals surface area (Å²) in [5.74, 6) is -0.0726. The van der Waals surface area contributed by atoms with Crippen LogP contribution in [0.3, 0.4) is 0 Å². The molecule has 0 saturated heterocycles. The maximum absolute atomic E-state index is 13.2. The zero-order valence-electron chi connectivity index (χ0n) is 15.0. The summed E-state index contributed by atoms with van der Waals surface area (Å²) in [5, 5.41) is 5.97. The van der Waals surface area contributed by atoms with Crippen molar-refractivity contribution in [2.24, 2.45) is 0 Å². The van der Waals surface area contributed by atoms with Crippen LogP contribution in [0.1, 0.15) is 11.4 Å². The summed E-state index contributed by atoms with van der Waals surface area (Å²) in [5.41, 5.74) is 3.29. The van der Waals surface area contributed by atoms with Crippen molar-refractivity contribution in [3.8, 4) is 10.6 Å². The van der Waals surface area contributed by atoms with Crippen LogP contribution in [-0.2, 0) is 11.2 Å². The molecule has 4 nitrogen and oxygen atoms in total. The highest BCUT2D eigenvalue weighted by molar-refractivity contribution is 7.14. The van der Waals surface area contributed by atoms with Gasteiger partial charge in [0.15, 0.2) is 5.13 Å². The van der Waals surface area contributed by atoms with E-state index in [2.05, 4.69) is 9.97 Å². The Balaban J connectivity index is 1.61. The number of benzene rings is 2. The van der Waals surface area contributed by atoms with Crippen molar-refractivity contribution in [1.82, 2.24) is 9.97 Å². The van der Waals surface area contributed by atoms with Gasteiger partial charge in [-0.1, -0.05) is 48.0 Å². The Kier molecular flexibility index (Phi) is 5.52. The number of anilines is 2. The molecule has 0 aliphatic heterocycles. The number of aryl methyl sites for hydroxylation is 1. The number of thiazole rings is 2. The Labute approximate surface area is 176 Å². The molecule has 4 aromatic rings. The summed E-state index contributed by atoms with van der Waals surface area (Å²) in [4.78, 5) is 24.0. The predicted octanol–water partition coefficient (Wildman–Crippen LogP) is 6.14. The van der Waals surface area contributed by atoms with Crippen molar-refractivity contribution < 1.29 is 4.79 Å². The van der Waals surface area contributed by atoms with E-state index in [1.54, 1.807) is 4.90 Å². The monoisotopic (exact) mass is 425 g/mol. The topological polar surface area (TPSA) is 46.1 Å². The molecular weight excluding hydrogens is 410 g/mol. The van der Waals surface area contributed by atoms with Crippen LogP contribution in [0.4, 0.5) is 10.8 Å². The fourth-order valence-corrected chi connectivity index (χ4v) is 4.74. The maximum atomic E-state index is 13.2. The molecule has 0 unspecified atom stereocenters. The number of carbonyl (C=O) groups excluding carboxylic acids is 1. The minimum Gasteiger partial charge on any atom is -0.274 e. The second-order valence-corrected chi connectivity index (χ2v) is 8.24. The lowest BCUT2D eigenvalue weighted by Crippen LogP contribution is -2.27. The molecule has 140 valence electrons. The van der Waals surface area contributed by atoms with Gasteiger partial charge in [0.2, 0.25) is 5.91 Å². The van der Waals surface area contributed by atoms with E-state index in [9.17, 15) is 4.79 Å². The van der Waals surface area contributed by atoms with Crippen molar-refractivity contribution in [3.63, 3.8) is 0 Å². The third kappa shape index (κ3) is 3.99. The number of nitrogens with zero attached hydrogens (tertiary/aromatic N) is 3. The van der Waals surface area contributed by atoms with Gasteiger partial charge >= 0.3 is 0 Å². The van der Waals surface area contributed by atoms with E-state index < -0.39 is 0 Å². The molecule has 2 heterocycles. The molecule has 0 saturated carbocycles. The fourth-order valence-electron chi connectivity index (χ4n) is 2.76. The lowest BCUT2D eigenvalue weighted by molar-refractivity contribution is -0.117. The van der Waals surface area contributed by atoms with Gasteiger partial charge in [0.05, 0.1) is 28.5 Å². The third-order valence-electron chi connectivity index (χ3n) is 4.05. The molecule has 28 heavy (non-hydrogen) atoms. The third-order valence-corrected chi connectivity index (χ3v) is 6.25. The van der Waals surface area contributed by atoms with E-state index in [0.717, 1.165) is 27.6 Å². The molecule has 0 aliphatic rings. The second-order valence-electron chi connectivity index (χ2n) is 6.14. The first-order valence-electron chi connectivity index (χ1n) is 8.61. The molecule has 1 amide bonds. The van der Waals surface area contributed by atoms with Gasteiger partial charge in [0.1, 0.15) is 5.01 Å². The number of hydrogen-bond donors (Lipinski definition) is 0. The van der Waals surface area contributed by atoms with Crippen LogP contribution in [0, 0.1) is 6.92 Å². The van der Waals surface area contributed by atoms with E-state index in [-0.39, 0.29) is 12.3 Å². The van der Waals surface area contributed by atoms with Crippen LogP contribution in [0.5, 0.6) is 0 Å². The number of aromatic nitrogens is 2. The van der Waals surface area contributed by atoms with Gasteiger partial charge < -0.3 is 0 Å². The highest BCUT2D eigenvalue weighted by Gasteiger charge is 2.22. The van der Waals surface area contributed by atoms with Crippen molar-refractivity contribution in [2.75, 3.05) is 4.90 Å². The summed E-state index contributed by atoms with van der Waals surface area (Å²) in [6, 6.07) is 17.1. The molecule has 0 spiro atoms. The molecule has 0 N–H and O–H groups in total. The molecule has 0 aliphatic carbocycles. The van der Waals surface area contributed by atoms with Crippen LogP contribution in [0.15, 0.2) is 65.4 Å². The number of amides is 1. The normalized spacial score (nSPS) is 10.8. The lowest BCUT2D eigenvalue weighted by Gasteiger charge is -2.19. The number of carbonyl (C=O) groups is 1. The number of hydrogen-bond acceptors (Lipinski definition) is 5. The maximum Gasteiger partial charge on any atom is 0.239 e. The van der Waals surface area contributed by atoms with Crippen molar-refractivity contribution in [3.05, 3.63) is 81.8 Å². The van der Waals surface area contributed by atoms with E-state index in [0.29, 0.717) is 10.2 Å². The highest BCUT2D eigenvalue weighted by atomic mass is 35.5. The molecule has 2 aromatic carbocycles. The van der Waals surface area contributed by atoms with Crippen molar-refractivity contribution >= 4 is 51.0 Å². The Hall–Kier alpha value is -2.54. The number of para-hydroxylation sites is 1. The fraction of sp³-hybridized carbons (Fsp3) is 0.0952. The Bertz CT molecular complexity index is 1110. The van der Waals surface area contributed by atoms with Gasteiger partial charge in [-0.25, -0.2) is 9.97 Å². The van der Waals surface area contributed by atoms with Gasteiger partial charge in [0.25, 0.3) is 0 Å². The van der Waals surface area contributed by atoms with Crippen LogP contribution in [-0.4, -0.2) is 15.9 Å². The summed E-state index contributed by atoms with van der Waals surface area (Å²) in [6.07, 6.45) is 0.189. The molecule has 7 heteroatoms. The highest BCUT2D eigenvalue weighted by Crippen LogP contribution is 2.32. The summed E-state index contributed by atoms with van der Waals surface area (Å²) in [7, 11) is 0. The Morgan fingerprint density at radius 1 is 1.00 bits per heavy atom. The van der Waals surface area contributed by atoms with Gasteiger partial charge in [-0.3, -0.25) is 9.69 Å². The quantitative estimate of drug-likeness (QED) is 0.386. The second kappa shape index (κ2) is 8.22. The molecule has 2 aromatic heterocycles. The molecule has 4 rings (SSSR count). The first-order chi connectivity index (χ1) is 13.6. The van der Waals surface area contributed by atoms with E-state index in [1.165, 1.54) is 22.7 Å². The van der Waals surface area contributed by atoms with Gasteiger partial charge in [-0.2, -0.15) is 0 Å². The average molecular weight is 426 g/mol. The Morgan fingerprint density at radius 2 is 1.75 bits per heavy atom. The van der Waals surface area contributed by atoms with Gasteiger partial charge in [0, 0.05) is 16.3 Å². The average Bonchev–Trinajstić information content (AvgIpc) is 3.32. The first kappa shape index (κ1) is 18.8. The minimum absolute atomic E-state index is 0.0726. The summed E-state index contributed by atoms with van der Waals surface area (Å²) >= 11 is 9.21. The van der Waals surface area contributed by atoms with Crippen LogP contribution < -0.4 is 4.90 Å². The zero-order chi connectivity index (χ0) is 19.5. The van der Waals surface area contributed by atoms with Crippen molar-refractivity contribution in [1.29, 1.82) is 0 Å². The number of halogens is 1. The van der Waals surface area contributed by atoms with E-state index >= 15 is 0 Å². The standard InChI is InChI=1S/C21H16ClN3OS2/c1-14-12-28-21(23-14)25(16-7-3-2-4-8-16)19(26)11-15-13-27-20(24-15)17-9-5-6-10-18(17)22/h2-10,12-13H,11H2,1H3. The molecule has 0 radical (unpaired) electrons. The Morgan fingerprint density at radius 3 is 2.46 bits per heavy atom. The first-order valence-corrected chi connectivity index (χ1v) is 10.7. The molecular formula is C21H16ClN3OS2. The predicted molar refractivity (Wildman–Crippen MR) is 117 cm³/mol. The van der Waals surface area contributed by atoms with Crippen LogP contribution in [0.25, 0.3) is 10.6 Å².